The monoisotopic (exact) mass is 424 g/mol. The number of nitrogens with zero attached hydrogens (tertiary/aromatic N) is 3. The van der Waals surface area contributed by atoms with Crippen LogP contribution in [-0.2, 0) is 20.9 Å². The van der Waals surface area contributed by atoms with Crippen molar-refractivity contribution >= 4 is 40.1 Å². The number of nitrogens with one attached hydrogen (secondary N) is 1. The van der Waals surface area contributed by atoms with E-state index in [4.69, 9.17) is 0 Å². The smallest absolute Gasteiger partial charge is 0.316 e. The number of piperidine rings is 1. The first-order chi connectivity index (χ1) is 13.5. The fourth-order valence-corrected chi connectivity index (χ4v) is 4.55. The van der Waals surface area contributed by atoms with Gasteiger partial charge in [0.1, 0.15) is 5.82 Å². The molecule has 1 fully saturated rings. The molecule has 1 atom stereocenters. The summed E-state index contributed by atoms with van der Waals surface area (Å²) in [5.41, 5.74) is 1.03. The predicted molar refractivity (Wildman–Crippen MR) is 106 cm³/mol. The highest BCUT2D eigenvalue weighted by Gasteiger charge is 2.26. The molecule has 0 spiro atoms. The molecule has 1 aromatic carbocycles. The van der Waals surface area contributed by atoms with Crippen molar-refractivity contribution in [2.75, 3.05) is 31.3 Å². The van der Waals surface area contributed by atoms with E-state index in [0.717, 1.165) is 24.9 Å². The van der Waals surface area contributed by atoms with Gasteiger partial charge in [-0.3, -0.25) is 14.5 Å². The maximum absolute atomic E-state index is 13.0. The number of hydrogen-bond acceptors (Lipinski definition) is 8. The number of rotatable bonds is 7. The lowest BCUT2D eigenvalue weighted by Crippen LogP contribution is -2.40. The van der Waals surface area contributed by atoms with Gasteiger partial charge in [0.15, 0.2) is 4.34 Å². The van der Waals surface area contributed by atoms with E-state index in [1.165, 1.54) is 42.3 Å². The van der Waals surface area contributed by atoms with Gasteiger partial charge in [-0.05, 0) is 37.1 Å². The number of methoxy groups -OCH3 is 1. The Morgan fingerprint density at radius 1 is 1.36 bits per heavy atom. The molecule has 3 rings (SSSR count). The zero-order chi connectivity index (χ0) is 19.9. The first-order valence-electron chi connectivity index (χ1n) is 8.84. The second-order valence-corrected chi connectivity index (χ2v) is 8.63. The van der Waals surface area contributed by atoms with E-state index in [1.54, 1.807) is 12.1 Å². The van der Waals surface area contributed by atoms with Gasteiger partial charge in [0.2, 0.25) is 11.0 Å². The summed E-state index contributed by atoms with van der Waals surface area (Å²) in [5.74, 6) is -0.649. The predicted octanol–water partition coefficient (Wildman–Crippen LogP) is 2.79. The molecule has 0 saturated carbocycles. The van der Waals surface area contributed by atoms with Gasteiger partial charge < -0.3 is 10.1 Å². The SMILES string of the molecule is COC(=O)CSc1nnc(NC(=O)[C@@H]2CCCN(Cc3ccc(F)cc3)C2)s1. The van der Waals surface area contributed by atoms with E-state index in [-0.39, 0.29) is 29.4 Å². The summed E-state index contributed by atoms with van der Waals surface area (Å²) in [6, 6.07) is 6.45. The molecule has 0 unspecified atom stereocenters. The van der Waals surface area contributed by atoms with E-state index in [2.05, 4.69) is 25.2 Å². The maximum atomic E-state index is 13.0. The van der Waals surface area contributed by atoms with E-state index in [9.17, 15) is 14.0 Å². The van der Waals surface area contributed by atoms with Crippen LogP contribution in [0.4, 0.5) is 9.52 Å². The van der Waals surface area contributed by atoms with E-state index in [1.807, 2.05) is 0 Å². The van der Waals surface area contributed by atoms with Crippen LogP contribution in [0.15, 0.2) is 28.6 Å². The molecular formula is C18H21FN4O3S2. The summed E-state index contributed by atoms with van der Waals surface area (Å²) in [6.07, 6.45) is 1.74. The molecule has 0 aliphatic carbocycles. The van der Waals surface area contributed by atoms with E-state index >= 15 is 0 Å². The standard InChI is InChI=1S/C18H21FN4O3S2/c1-26-15(24)11-27-18-22-21-17(28-18)20-16(25)13-3-2-8-23(10-13)9-12-4-6-14(19)7-5-12/h4-7,13H,2-3,8-11H2,1H3,(H,20,21,25)/t13-/m1/s1. The van der Waals surface area contributed by atoms with Crippen LogP contribution in [0.1, 0.15) is 18.4 Å². The van der Waals surface area contributed by atoms with Crippen LogP contribution in [0, 0.1) is 11.7 Å². The number of halogens is 1. The third-order valence-corrected chi connectivity index (χ3v) is 6.32. The molecule has 10 heteroatoms. The topological polar surface area (TPSA) is 84.4 Å². The van der Waals surface area contributed by atoms with E-state index < -0.39 is 0 Å². The second kappa shape index (κ2) is 9.94. The van der Waals surface area contributed by atoms with Crippen LogP contribution < -0.4 is 5.32 Å². The number of hydrogen-bond donors (Lipinski definition) is 1. The van der Waals surface area contributed by atoms with Gasteiger partial charge in [-0.1, -0.05) is 35.2 Å². The Kier molecular flexibility index (Phi) is 7.35. The second-order valence-electron chi connectivity index (χ2n) is 6.43. The zero-order valence-electron chi connectivity index (χ0n) is 15.4. The molecule has 1 aliphatic rings. The van der Waals surface area contributed by atoms with Gasteiger partial charge >= 0.3 is 5.97 Å². The van der Waals surface area contributed by atoms with Gasteiger partial charge in [0, 0.05) is 13.1 Å². The number of carbonyl (C=O) groups excluding carboxylic acids is 2. The molecule has 0 radical (unpaired) electrons. The van der Waals surface area contributed by atoms with Gasteiger partial charge in [-0.15, -0.1) is 10.2 Å². The largest absolute Gasteiger partial charge is 0.468 e. The average molecular weight is 425 g/mol. The van der Waals surface area contributed by atoms with Crippen molar-refractivity contribution in [1.29, 1.82) is 0 Å². The molecule has 1 aliphatic heterocycles. The highest BCUT2D eigenvalue weighted by molar-refractivity contribution is 8.01. The molecule has 150 valence electrons. The summed E-state index contributed by atoms with van der Waals surface area (Å²) in [5, 5.41) is 11.2. The fourth-order valence-electron chi connectivity index (χ4n) is 2.97. The van der Waals surface area contributed by atoms with Crippen LogP contribution in [0.5, 0.6) is 0 Å². The minimum absolute atomic E-state index is 0.0792. The first kappa shape index (κ1) is 20.7. The lowest BCUT2D eigenvalue weighted by molar-refractivity contribution is -0.137. The molecule has 2 aromatic rings. The third kappa shape index (κ3) is 5.98. The molecule has 2 heterocycles. The van der Waals surface area contributed by atoms with Crippen LogP contribution >= 0.6 is 23.1 Å². The van der Waals surface area contributed by atoms with Crippen LogP contribution in [0.2, 0.25) is 0 Å². The quantitative estimate of drug-likeness (QED) is 0.416. The Balaban J connectivity index is 1.50. The van der Waals surface area contributed by atoms with Crippen molar-refractivity contribution in [1.82, 2.24) is 15.1 Å². The summed E-state index contributed by atoms with van der Waals surface area (Å²) in [7, 11) is 1.33. The van der Waals surface area contributed by atoms with Crippen LogP contribution in [-0.4, -0.2) is 52.9 Å². The lowest BCUT2D eigenvalue weighted by Gasteiger charge is -2.31. The molecular weight excluding hydrogens is 403 g/mol. The summed E-state index contributed by atoms with van der Waals surface area (Å²) in [6.45, 7) is 2.25. The Morgan fingerprint density at radius 2 is 2.14 bits per heavy atom. The Labute approximate surface area is 170 Å². The average Bonchev–Trinajstić information content (AvgIpc) is 3.15. The van der Waals surface area contributed by atoms with Crippen molar-refractivity contribution in [2.45, 2.75) is 23.7 Å². The van der Waals surface area contributed by atoms with Gasteiger partial charge in [0.25, 0.3) is 0 Å². The molecule has 1 N–H and O–H groups in total. The van der Waals surface area contributed by atoms with Crippen molar-refractivity contribution in [3.8, 4) is 0 Å². The molecule has 1 aromatic heterocycles. The number of anilines is 1. The minimum atomic E-state index is -0.339. The zero-order valence-corrected chi connectivity index (χ0v) is 17.0. The number of esters is 1. The number of aromatic nitrogens is 2. The molecule has 28 heavy (non-hydrogen) atoms. The first-order valence-corrected chi connectivity index (χ1v) is 10.6. The van der Waals surface area contributed by atoms with E-state index in [0.29, 0.717) is 22.6 Å². The van der Waals surface area contributed by atoms with Crippen molar-refractivity contribution in [3.05, 3.63) is 35.6 Å². The number of likely N-dealkylation sites (tertiary alicyclic amines) is 1. The Hall–Kier alpha value is -2.04. The lowest BCUT2D eigenvalue weighted by atomic mass is 9.97. The normalized spacial score (nSPS) is 17.3. The highest BCUT2D eigenvalue weighted by atomic mass is 32.2. The van der Waals surface area contributed by atoms with Crippen molar-refractivity contribution in [2.24, 2.45) is 5.92 Å². The Bertz CT molecular complexity index is 815. The van der Waals surface area contributed by atoms with Gasteiger partial charge in [-0.25, -0.2) is 4.39 Å². The van der Waals surface area contributed by atoms with Gasteiger partial charge in [-0.2, -0.15) is 0 Å². The van der Waals surface area contributed by atoms with Crippen LogP contribution in [0.3, 0.4) is 0 Å². The fraction of sp³-hybridized carbons (Fsp3) is 0.444. The molecule has 1 amide bonds. The summed E-state index contributed by atoms with van der Waals surface area (Å²) >= 11 is 2.46. The highest BCUT2D eigenvalue weighted by Crippen LogP contribution is 2.27. The molecule has 1 saturated heterocycles. The number of benzene rings is 1. The van der Waals surface area contributed by atoms with Crippen molar-refractivity contribution in [3.63, 3.8) is 0 Å². The number of thioether (sulfide) groups is 1. The third-order valence-electron chi connectivity index (χ3n) is 4.37. The van der Waals surface area contributed by atoms with Crippen molar-refractivity contribution < 1.29 is 18.7 Å². The molecule has 0 bridgehead atoms. The van der Waals surface area contributed by atoms with Crippen LogP contribution in [0.25, 0.3) is 0 Å². The summed E-state index contributed by atoms with van der Waals surface area (Å²) < 4.78 is 18.2. The number of carbonyl (C=O) groups is 2. The van der Waals surface area contributed by atoms with Gasteiger partial charge in [0.05, 0.1) is 18.8 Å². The Morgan fingerprint density at radius 3 is 2.89 bits per heavy atom. The molecule has 7 nitrogen and oxygen atoms in total. The maximum Gasteiger partial charge on any atom is 0.316 e. The number of ether oxygens (including phenoxy) is 1. The summed E-state index contributed by atoms with van der Waals surface area (Å²) in [4.78, 5) is 26.0. The number of amides is 1. The minimum Gasteiger partial charge on any atom is -0.468 e.